The average molecular weight is 423 g/mol. The third-order valence-corrected chi connectivity index (χ3v) is 7.92. The Labute approximate surface area is 168 Å². The van der Waals surface area contributed by atoms with Crippen LogP contribution < -0.4 is 4.74 Å². The second-order valence-corrected chi connectivity index (χ2v) is 10.2. The minimum Gasteiger partial charge on any atom is -0.489 e. The first-order valence-corrected chi connectivity index (χ1v) is 11.5. The molecule has 0 spiro atoms. The van der Waals surface area contributed by atoms with Crippen LogP contribution in [0.3, 0.4) is 0 Å². The molecule has 1 rings (SSSR count). The van der Waals surface area contributed by atoms with Gasteiger partial charge < -0.3 is 14.2 Å². The summed E-state index contributed by atoms with van der Waals surface area (Å²) in [5.74, 6) is 0.265. The first kappa shape index (κ1) is 24.4. The molecule has 0 aliphatic rings. The summed E-state index contributed by atoms with van der Waals surface area (Å²) in [6, 6.07) is 0. The molecule has 0 saturated heterocycles. The number of hydrogen-bond donors (Lipinski definition) is 1. The number of thiophene rings is 1. The van der Waals surface area contributed by atoms with Crippen molar-refractivity contribution in [2.75, 3.05) is 33.5 Å². The first-order valence-electron chi connectivity index (χ1n) is 9.27. The summed E-state index contributed by atoms with van der Waals surface area (Å²) < 4.78 is 50.8. The minimum atomic E-state index is -4.43. The van der Waals surface area contributed by atoms with E-state index >= 15 is 0 Å². The van der Waals surface area contributed by atoms with E-state index in [1.54, 1.807) is 7.11 Å². The lowest BCUT2D eigenvalue weighted by Gasteiger charge is -2.23. The molecular formula is C19H34O6S2. The zero-order chi connectivity index (χ0) is 20.9. The van der Waals surface area contributed by atoms with Gasteiger partial charge in [0.05, 0.1) is 24.7 Å². The van der Waals surface area contributed by atoms with Crippen LogP contribution in [0.25, 0.3) is 0 Å². The highest BCUT2D eigenvalue weighted by molar-refractivity contribution is 7.86. The van der Waals surface area contributed by atoms with Crippen LogP contribution in [0.5, 0.6) is 5.75 Å². The molecule has 0 aliphatic carbocycles. The molecule has 0 fully saturated rings. The van der Waals surface area contributed by atoms with Crippen molar-refractivity contribution < 1.29 is 27.2 Å². The summed E-state index contributed by atoms with van der Waals surface area (Å²) in [6.07, 6.45) is 1.55. The van der Waals surface area contributed by atoms with Crippen LogP contribution >= 0.6 is 11.3 Å². The van der Waals surface area contributed by atoms with E-state index in [2.05, 4.69) is 20.8 Å². The smallest absolute Gasteiger partial charge is 0.299 e. The average Bonchev–Trinajstić information content (AvgIpc) is 2.99. The molecule has 27 heavy (non-hydrogen) atoms. The fourth-order valence-electron chi connectivity index (χ4n) is 2.43. The molecule has 8 heteroatoms. The second kappa shape index (κ2) is 9.69. The topological polar surface area (TPSA) is 82.1 Å². The van der Waals surface area contributed by atoms with E-state index in [-0.39, 0.29) is 22.7 Å². The van der Waals surface area contributed by atoms with Gasteiger partial charge in [-0.05, 0) is 12.8 Å². The van der Waals surface area contributed by atoms with Gasteiger partial charge in [0.25, 0.3) is 10.1 Å². The molecular weight excluding hydrogens is 388 g/mol. The molecule has 1 aromatic heterocycles. The van der Waals surface area contributed by atoms with Crippen molar-refractivity contribution in [1.29, 1.82) is 0 Å². The predicted molar refractivity (Wildman–Crippen MR) is 109 cm³/mol. The Morgan fingerprint density at radius 1 is 0.926 bits per heavy atom. The Bertz CT molecular complexity index is 704. The van der Waals surface area contributed by atoms with Crippen molar-refractivity contribution in [2.45, 2.75) is 70.1 Å². The monoisotopic (exact) mass is 422 g/mol. The maximum atomic E-state index is 12.3. The molecule has 0 radical (unpaired) electrons. The molecule has 0 saturated carbocycles. The van der Waals surface area contributed by atoms with Gasteiger partial charge in [0, 0.05) is 22.8 Å². The van der Waals surface area contributed by atoms with Crippen LogP contribution in [0.1, 0.15) is 64.1 Å². The predicted octanol–water partition coefficient (Wildman–Crippen LogP) is 4.41. The Balaban J connectivity index is 3.38. The maximum absolute atomic E-state index is 12.3. The van der Waals surface area contributed by atoms with Gasteiger partial charge in [0.1, 0.15) is 6.61 Å². The van der Waals surface area contributed by atoms with E-state index < -0.39 is 15.5 Å². The highest BCUT2D eigenvalue weighted by atomic mass is 32.2. The molecule has 0 aromatic carbocycles. The molecule has 1 aromatic rings. The molecule has 158 valence electrons. The van der Waals surface area contributed by atoms with Gasteiger partial charge in [-0.25, -0.2) is 0 Å². The van der Waals surface area contributed by atoms with Crippen molar-refractivity contribution in [2.24, 2.45) is 0 Å². The fraction of sp³-hybridized carbons (Fsp3) is 0.789. The lowest BCUT2D eigenvalue weighted by atomic mass is 9.86. The van der Waals surface area contributed by atoms with E-state index in [4.69, 9.17) is 14.2 Å². The van der Waals surface area contributed by atoms with Crippen LogP contribution in [0.4, 0.5) is 0 Å². The van der Waals surface area contributed by atoms with E-state index in [0.29, 0.717) is 24.7 Å². The number of methoxy groups -OCH3 is 1. The molecule has 0 atom stereocenters. The van der Waals surface area contributed by atoms with Gasteiger partial charge in [-0.2, -0.15) is 8.42 Å². The van der Waals surface area contributed by atoms with E-state index in [0.717, 1.165) is 17.7 Å². The molecule has 0 bridgehead atoms. The van der Waals surface area contributed by atoms with Gasteiger partial charge in [0.15, 0.2) is 10.6 Å². The van der Waals surface area contributed by atoms with E-state index in [9.17, 15) is 13.0 Å². The van der Waals surface area contributed by atoms with E-state index in [1.807, 2.05) is 20.8 Å². The summed E-state index contributed by atoms with van der Waals surface area (Å²) in [7, 11) is -2.83. The SMILES string of the molecule is CCC(C)(C)c1sc(C(C)(C)CC)c(S(=O)(=O)O)c1OCCOCCOC. The highest BCUT2D eigenvalue weighted by Gasteiger charge is 2.39. The third-order valence-electron chi connectivity index (χ3n) is 4.98. The van der Waals surface area contributed by atoms with Gasteiger partial charge in [0.2, 0.25) is 0 Å². The van der Waals surface area contributed by atoms with Crippen LogP contribution in [-0.4, -0.2) is 46.5 Å². The highest BCUT2D eigenvalue weighted by Crippen LogP contribution is 2.50. The Hall–Kier alpha value is -0.670. The largest absolute Gasteiger partial charge is 0.489 e. The molecule has 0 unspecified atom stereocenters. The summed E-state index contributed by atoms with van der Waals surface area (Å²) in [5.41, 5.74) is -0.677. The van der Waals surface area contributed by atoms with Gasteiger partial charge >= 0.3 is 0 Å². The summed E-state index contributed by atoms with van der Waals surface area (Å²) >= 11 is 1.42. The van der Waals surface area contributed by atoms with Crippen molar-refractivity contribution in [3.63, 3.8) is 0 Å². The standard InChI is InChI=1S/C19H34O6S2/c1-8-18(3,4)16-14(25-13-12-24-11-10-23-7)15(27(20,21)22)17(26-16)19(5,6)9-2/h8-13H2,1-7H3,(H,20,21,22). The minimum absolute atomic E-state index is 0.0900. The van der Waals surface area contributed by atoms with Gasteiger partial charge in [-0.15, -0.1) is 11.3 Å². The zero-order valence-corrected chi connectivity index (χ0v) is 19.2. The van der Waals surface area contributed by atoms with Crippen molar-refractivity contribution in [3.05, 3.63) is 9.75 Å². The van der Waals surface area contributed by atoms with Crippen LogP contribution in [0, 0.1) is 0 Å². The molecule has 1 heterocycles. The Morgan fingerprint density at radius 2 is 1.44 bits per heavy atom. The quantitative estimate of drug-likeness (QED) is 0.397. The third kappa shape index (κ3) is 6.15. The van der Waals surface area contributed by atoms with E-state index in [1.165, 1.54) is 11.3 Å². The summed E-state index contributed by atoms with van der Waals surface area (Å²) in [6.45, 7) is 13.5. The lowest BCUT2D eigenvalue weighted by Crippen LogP contribution is -2.19. The summed E-state index contributed by atoms with van der Waals surface area (Å²) in [4.78, 5) is 1.39. The van der Waals surface area contributed by atoms with Gasteiger partial charge in [-0.3, -0.25) is 4.55 Å². The fourth-order valence-corrected chi connectivity index (χ4v) is 5.32. The molecule has 0 amide bonds. The van der Waals surface area contributed by atoms with Crippen molar-refractivity contribution in [3.8, 4) is 5.75 Å². The van der Waals surface area contributed by atoms with Gasteiger partial charge in [-0.1, -0.05) is 41.5 Å². The number of rotatable bonds is 12. The number of hydrogen-bond acceptors (Lipinski definition) is 6. The first-order chi connectivity index (χ1) is 12.4. The second-order valence-electron chi connectivity index (χ2n) is 7.82. The Morgan fingerprint density at radius 3 is 1.93 bits per heavy atom. The van der Waals surface area contributed by atoms with Crippen LogP contribution in [-0.2, 0) is 30.4 Å². The molecule has 1 N–H and O–H groups in total. The molecule has 0 aliphatic heterocycles. The van der Waals surface area contributed by atoms with Crippen LogP contribution in [0.15, 0.2) is 4.90 Å². The normalized spacial score (nSPS) is 13.2. The zero-order valence-electron chi connectivity index (χ0n) is 17.5. The van der Waals surface area contributed by atoms with Crippen molar-refractivity contribution >= 4 is 21.5 Å². The maximum Gasteiger partial charge on any atom is 0.299 e. The summed E-state index contributed by atoms with van der Waals surface area (Å²) in [5, 5.41) is 0. The molecule has 6 nitrogen and oxygen atoms in total. The lowest BCUT2D eigenvalue weighted by molar-refractivity contribution is 0.0537. The Kier molecular flexibility index (Phi) is 8.75. The number of ether oxygens (including phenoxy) is 3. The van der Waals surface area contributed by atoms with Crippen LogP contribution in [0.2, 0.25) is 0 Å². The van der Waals surface area contributed by atoms with Crippen molar-refractivity contribution in [1.82, 2.24) is 0 Å².